The minimum Gasteiger partial charge on any atom is -0.493 e. The summed E-state index contributed by atoms with van der Waals surface area (Å²) in [6, 6.07) is 4.61. The third-order valence-corrected chi connectivity index (χ3v) is 4.84. The summed E-state index contributed by atoms with van der Waals surface area (Å²) in [7, 11) is 3.07. The molecule has 1 fully saturated rings. The van der Waals surface area contributed by atoms with Crippen molar-refractivity contribution in [1.82, 2.24) is 15.6 Å². The Kier molecular flexibility index (Phi) is 9.03. The van der Waals surface area contributed by atoms with Crippen molar-refractivity contribution in [3.05, 3.63) is 40.3 Å². The lowest BCUT2D eigenvalue weighted by Gasteiger charge is -2.32. The van der Waals surface area contributed by atoms with E-state index in [1.165, 1.54) is 18.4 Å². The molecule has 3 rings (SSSR count). The SMILES string of the molecule is COc1ccc([C@H]2NC(=O)CO[C@@H]2C(=O)NCCc2cscn2)cc1OC.O=CO. The van der Waals surface area contributed by atoms with Crippen LogP contribution in [-0.2, 0) is 25.5 Å². The number of hydrogen-bond donors (Lipinski definition) is 3. The second-order valence-electron chi connectivity index (χ2n) is 6.02. The minimum atomic E-state index is -0.837. The Morgan fingerprint density at radius 1 is 1.40 bits per heavy atom. The largest absolute Gasteiger partial charge is 0.493 e. The van der Waals surface area contributed by atoms with Gasteiger partial charge in [-0.1, -0.05) is 6.07 Å². The molecule has 10 nitrogen and oxygen atoms in total. The molecule has 0 radical (unpaired) electrons. The van der Waals surface area contributed by atoms with Gasteiger partial charge < -0.3 is 30.0 Å². The summed E-state index contributed by atoms with van der Waals surface area (Å²) < 4.78 is 16.1. The quantitative estimate of drug-likeness (QED) is 0.541. The van der Waals surface area contributed by atoms with Crippen molar-refractivity contribution in [1.29, 1.82) is 0 Å². The van der Waals surface area contributed by atoms with Gasteiger partial charge in [0.15, 0.2) is 17.6 Å². The van der Waals surface area contributed by atoms with Crippen LogP contribution in [0.1, 0.15) is 17.3 Å². The van der Waals surface area contributed by atoms with Crippen molar-refractivity contribution in [2.45, 2.75) is 18.6 Å². The van der Waals surface area contributed by atoms with Gasteiger partial charge in [0, 0.05) is 18.3 Å². The Hall–Kier alpha value is -3.18. The molecule has 0 aliphatic carbocycles. The highest BCUT2D eigenvalue weighted by Gasteiger charge is 2.36. The molecule has 0 saturated carbocycles. The van der Waals surface area contributed by atoms with Crippen molar-refractivity contribution in [3.8, 4) is 11.5 Å². The van der Waals surface area contributed by atoms with E-state index in [1.54, 1.807) is 30.8 Å². The second kappa shape index (κ2) is 11.7. The molecule has 0 bridgehead atoms. The molecule has 1 aliphatic rings. The lowest BCUT2D eigenvalue weighted by atomic mass is 9.98. The highest BCUT2D eigenvalue weighted by atomic mass is 32.1. The van der Waals surface area contributed by atoms with E-state index in [0.717, 1.165) is 5.69 Å². The average molecular weight is 437 g/mol. The maximum Gasteiger partial charge on any atom is 0.290 e. The number of nitrogens with zero attached hydrogens (tertiary/aromatic N) is 1. The van der Waals surface area contributed by atoms with Gasteiger partial charge in [-0.3, -0.25) is 14.4 Å². The highest BCUT2D eigenvalue weighted by molar-refractivity contribution is 7.07. The molecular formula is C19H23N3O7S. The Labute approximate surface area is 177 Å². The Balaban J connectivity index is 0.00000101. The summed E-state index contributed by atoms with van der Waals surface area (Å²) in [6.45, 7) is 0.0307. The van der Waals surface area contributed by atoms with Crippen LogP contribution in [0, 0.1) is 0 Å². The number of amides is 2. The first kappa shape index (κ1) is 23.1. The van der Waals surface area contributed by atoms with E-state index < -0.39 is 12.1 Å². The lowest BCUT2D eigenvalue weighted by Crippen LogP contribution is -2.52. The lowest BCUT2D eigenvalue weighted by molar-refractivity contribution is -0.148. The van der Waals surface area contributed by atoms with Crippen molar-refractivity contribution in [3.63, 3.8) is 0 Å². The van der Waals surface area contributed by atoms with Gasteiger partial charge in [-0.25, -0.2) is 4.98 Å². The van der Waals surface area contributed by atoms with Gasteiger partial charge in [0.1, 0.15) is 6.61 Å². The Morgan fingerprint density at radius 3 is 2.77 bits per heavy atom. The highest BCUT2D eigenvalue weighted by Crippen LogP contribution is 2.32. The molecule has 2 atom stereocenters. The Bertz CT molecular complexity index is 845. The monoisotopic (exact) mass is 437 g/mol. The van der Waals surface area contributed by atoms with E-state index in [9.17, 15) is 9.59 Å². The smallest absolute Gasteiger partial charge is 0.290 e. The fourth-order valence-electron chi connectivity index (χ4n) is 2.86. The first-order valence-electron chi connectivity index (χ1n) is 8.89. The molecule has 2 amide bonds. The number of hydrogen-bond acceptors (Lipinski definition) is 8. The van der Waals surface area contributed by atoms with Crippen LogP contribution in [0.3, 0.4) is 0 Å². The number of carbonyl (C=O) groups excluding carboxylic acids is 2. The molecule has 0 spiro atoms. The third kappa shape index (κ3) is 6.16. The predicted molar refractivity (Wildman–Crippen MR) is 108 cm³/mol. The molecule has 3 N–H and O–H groups in total. The molecule has 2 aromatic rings. The van der Waals surface area contributed by atoms with Crippen LogP contribution in [0.15, 0.2) is 29.1 Å². The van der Waals surface area contributed by atoms with Crippen molar-refractivity contribution in [2.75, 3.05) is 27.4 Å². The fourth-order valence-corrected chi connectivity index (χ4v) is 3.45. The first-order valence-corrected chi connectivity index (χ1v) is 9.83. The van der Waals surface area contributed by atoms with Crippen LogP contribution in [0.4, 0.5) is 0 Å². The van der Waals surface area contributed by atoms with E-state index in [0.29, 0.717) is 30.0 Å². The Morgan fingerprint density at radius 2 is 2.13 bits per heavy atom. The number of morpholine rings is 1. The second-order valence-corrected chi connectivity index (χ2v) is 6.74. The number of benzene rings is 1. The van der Waals surface area contributed by atoms with E-state index in [1.807, 2.05) is 5.38 Å². The standard InChI is InChI=1S/C18H21N3O5S.CH2O2/c1-24-13-4-3-11(7-14(13)25-2)16-17(26-8-15(22)21-16)18(23)19-6-5-12-9-27-10-20-12;2-1-3/h3-4,7,9-10,16-17H,5-6,8H2,1-2H3,(H,19,23)(H,21,22);1H,(H,2,3)/t16-,17+;/m1./s1. The molecule has 1 aliphatic heterocycles. The van der Waals surface area contributed by atoms with E-state index >= 15 is 0 Å². The molecular weight excluding hydrogens is 414 g/mol. The summed E-state index contributed by atoms with van der Waals surface area (Å²) in [5.74, 6) is 0.511. The molecule has 30 heavy (non-hydrogen) atoms. The molecule has 11 heteroatoms. The van der Waals surface area contributed by atoms with Crippen LogP contribution in [0.2, 0.25) is 0 Å². The summed E-state index contributed by atoms with van der Waals surface area (Å²) in [4.78, 5) is 37.0. The summed E-state index contributed by atoms with van der Waals surface area (Å²) in [6.07, 6.45) is -0.203. The number of nitrogens with one attached hydrogen (secondary N) is 2. The molecule has 1 aromatic carbocycles. The molecule has 2 heterocycles. The van der Waals surface area contributed by atoms with E-state index in [-0.39, 0.29) is 24.9 Å². The number of aromatic nitrogens is 1. The fraction of sp³-hybridized carbons (Fsp3) is 0.368. The van der Waals surface area contributed by atoms with E-state index in [2.05, 4.69) is 15.6 Å². The number of ether oxygens (including phenoxy) is 3. The normalized spacial score (nSPS) is 17.7. The van der Waals surface area contributed by atoms with Gasteiger partial charge >= 0.3 is 0 Å². The summed E-state index contributed by atoms with van der Waals surface area (Å²) in [5.41, 5.74) is 3.37. The average Bonchev–Trinajstić information content (AvgIpc) is 3.27. The zero-order valence-corrected chi connectivity index (χ0v) is 17.3. The van der Waals surface area contributed by atoms with Gasteiger partial charge in [-0.15, -0.1) is 11.3 Å². The van der Waals surface area contributed by atoms with Gasteiger partial charge in [0.25, 0.3) is 12.4 Å². The van der Waals surface area contributed by atoms with Gasteiger partial charge in [-0.2, -0.15) is 0 Å². The summed E-state index contributed by atoms with van der Waals surface area (Å²) in [5, 5.41) is 14.5. The van der Waals surface area contributed by atoms with Crippen molar-refractivity contribution >= 4 is 29.6 Å². The zero-order chi connectivity index (χ0) is 21.9. The van der Waals surface area contributed by atoms with Crippen LogP contribution in [0.25, 0.3) is 0 Å². The molecule has 1 aromatic heterocycles. The maximum absolute atomic E-state index is 12.6. The van der Waals surface area contributed by atoms with Crippen LogP contribution in [-0.4, -0.2) is 61.9 Å². The van der Waals surface area contributed by atoms with Crippen LogP contribution < -0.4 is 20.1 Å². The van der Waals surface area contributed by atoms with Gasteiger partial charge in [-0.05, 0) is 17.7 Å². The number of carbonyl (C=O) groups is 3. The molecule has 1 saturated heterocycles. The molecule has 0 unspecified atom stereocenters. The zero-order valence-electron chi connectivity index (χ0n) is 16.5. The predicted octanol–water partition coefficient (Wildman–Crippen LogP) is 0.776. The van der Waals surface area contributed by atoms with Crippen molar-refractivity contribution < 1.29 is 33.7 Å². The topological polar surface area (TPSA) is 136 Å². The minimum absolute atomic E-state index is 0.159. The first-order chi connectivity index (χ1) is 14.5. The van der Waals surface area contributed by atoms with E-state index in [4.69, 9.17) is 24.1 Å². The number of rotatable bonds is 7. The summed E-state index contributed by atoms with van der Waals surface area (Å²) >= 11 is 1.51. The van der Waals surface area contributed by atoms with Crippen molar-refractivity contribution in [2.24, 2.45) is 0 Å². The number of thiazole rings is 1. The molecule has 162 valence electrons. The maximum atomic E-state index is 12.6. The van der Waals surface area contributed by atoms with Gasteiger partial charge in [0.2, 0.25) is 5.91 Å². The van der Waals surface area contributed by atoms with Crippen LogP contribution in [0.5, 0.6) is 11.5 Å². The van der Waals surface area contributed by atoms with Crippen LogP contribution >= 0.6 is 11.3 Å². The number of carboxylic acid groups (broad SMARTS) is 1. The third-order valence-electron chi connectivity index (χ3n) is 4.20. The number of methoxy groups -OCH3 is 2. The van der Waals surface area contributed by atoms with Gasteiger partial charge in [0.05, 0.1) is 31.5 Å².